The summed E-state index contributed by atoms with van der Waals surface area (Å²) in [5, 5.41) is 14.0. The van der Waals surface area contributed by atoms with Crippen LogP contribution in [-0.4, -0.2) is 44.6 Å². The van der Waals surface area contributed by atoms with Gasteiger partial charge in [-0.2, -0.15) is 0 Å². The Morgan fingerprint density at radius 3 is 2.62 bits per heavy atom. The maximum absolute atomic E-state index is 11.8. The average Bonchev–Trinajstić information content (AvgIpc) is 2.77. The van der Waals surface area contributed by atoms with Crippen LogP contribution in [0.3, 0.4) is 0 Å². The number of imidazole rings is 1. The Labute approximate surface area is 121 Å². The van der Waals surface area contributed by atoms with Crippen LogP contribution in [0.2, 0.25) is 0 Å². The fourth-order valence-corrected chi connectivity index (χ4v) is 1.80. The number of nitrogens with zero attached hydrogens (tertiary/aromatic N) is 1. The Balaban J connectivity index is 2.60. The molecule has 1 rings (SSSR count). The average molecular weight is 297 g/mol. The first-order chi connectivity index (χ1) is 9.69. The molecule has 9 heteroatoms. The second-order valence-corrected chi connectivity index (χ2v) is 5.30. The van der Waals surface area contributed by atoms with Gasteiger partial charge in [-0.15, -0.1) is 0 Å². The van der Waals surface area contributed by atoms with Crippen LogP contribution in [0, 0.1) is 0 Å². The molecule has 0 saturated carbocycles. The molecule has 1 atom stereocenters. The van der Waals surface area contributed by atoms with Crippen LogP contribution in [0.25, 0.3) is 0 Å². The molecule has 6 N–H and O–H groups in total. The normalized spacial score (nSPS) is 12.5. The van der Waals surface area contributed by atoms with E-state index in [4.69, 9.17) is 10.8 Å². The molecule has 1 aromatic heterocycles. The monoisotopic (exact) mass is 297 g/mol. The zero-order valence-electron chi connectivity index (χ0n) is 11.8. The van der Waals surface area contributed by atoms with Crippen LogP contribution in [0.15, 0.2) is 12.5 Å². The lowest BCUT2D eigenvalue weighted by Crippen LogP contribution is -2.54. The van der Waals surface area contributed by atoms with Crippen molar-refractivity contribution in [3.8, 4) is 0 Å². The molecule has 21 heavy (non-hydrogen) atoms. The number of nitrogens with two attached hydrogens (primary N) is 1. The Morgan fingerprint density at radius 1 is 1.48 bits per heavy atom. The van der Waals surface area contributed by atoms with Crippen LogP contribution in [-0.2, 0) is 16.0 Å². The summed E-state index contributed by atoms with van der Waals surface area (Å²) in [4.78, 5) is 40.4. The van der Waals surface area contributed by atoms with Gasteiger partial charge in [0.15, 0.2) is 0 Å². The predicted molar refractivity (Wildman–Crippen MR) is 73.3 cm³/mol. The minimum atomic E-state index is -1.17. The topological polar surface area (TPSA) is 150 Å². The van der Waals surface area contributed by atoms with Crippen molar-refractivity contribution in [2.45, 2.75) is 38.3 Å². The van der Waals surface area contributed by atoms with Gasteiger partial charge < -0.3 is 26.5 Å². The van der Waals surface area contributed by atoms with E-state index in [1.54, 1.807) is 13.8 Å². The molecule has 0 saturated heterocycles. The number of hydrogen-bond donors (Lipinski definition) is 5. The first-order valence-electron chi connectivity index (χ1n) is 6.26. The van der Waals surface area contributed by atoms with E-state index in [-0.39, 0.29) is 12.8 Å². The van der Waals surface area contributed by atoms with Crippen LogP contribution < -0.4 is 16.4 Å². The van der Waals surface area contributed by atoms with E-state index in [0.717, 1.165) is 0 Å². The molecule has 0 aliphatic carbocycles. The van der Waals surface area contributed by atoms with Gasteiger partial charge in [0.1, 0.15) is 6.04 Å². The molecule has 0 unspecified atom stereocenters. The Kier molecular flexibility index (Phi) is 5.28. The molecule has 0 fully saturated rings. The number of primary amides is 1. The highest BCUT2D eigenvalue weighted by Crippen LogP contribution is 2.07. The van der Waals surface area contributed by atoms with Gasteiger partial charge in [-0.3, -0.25) is 4.79 Å². The van der Waals surface area contributed by atoms with Crippen LogP contribution in [0.4, 0.5) is 4.79 Å². The number of urea groups is 1. The molecular weight excluding hydrogens is 278 g/mol. The molecule has 0 bridgehead atoms. The summed E-state index contributed by atoms with van der Waals surface area (Å²) >= 11 is 0. The van der Waals surface area contributed by atoms with Crippen molar-refractivity contribution in [1.82, 2.24) is 20.6 Å². The standard InChI is InChI=1S/C12H19N5O4/c1-12(2,4-9(13)18)17-11(21)16-8(10(19)20)3-7-5-14-6-15-7/h5-6,8H,3-4H2,1-2H3,(H2,13,18)(H,14,15)(H,19,20)(H2,16,17,21)/t8-/m0/s1. The molecular formula is C12H19N5O4. The van der Waals surface area contributed by atoms with Gasteiger partial charge in [-0.05, 0) is 13.8 Å². The second kappa shape index (κ2) is 6.73. The summed E-state index contributed by atoms with van der Waals surface area (Å²) in [7, 11) is 0. The number of aromatic nitrogens is 2. The fraction of sp³-hybridized carbons (Fsp3) is 0.500. The van der Waals surface area contributed by atoms with E-state index in [0.29, 0.717) is 5.69 Å². The van der Waals surface area contributed by atoms with E-state index in [1.807, 2.05) is 0 Å². The number of carboxylic acids is 1. The van der Waals surface area contributed by atoms with E-state index in [1.165, 1.54) is 12.5 Å². The molecule has 1 aromatic rings. The lowest BCUT2D eigenvalue weighted by atomic mass is 10.0. The summed E-state index contributed by atoms with van der Waals surface area (Å²) in [6, 6.07) is -1.80. The number of carboxylic acid groups (broad SMARTS) is 1. The van der Waals surface area contributed by atoms with Crippen LogP contribution >= 0.6 is 0 Å². The van der Waals surface area contributed by atoms with Crippen molar-refractivity contribution in [2.24, 2.45) is 5.73 Å². The molecule has 0 spiro atoms. The van der Waals surface area contributed by atoms with Crippen molar-refractivity contribution in [3.63, 3.8) is 0 Å². The number of rotatable bonds is 7. The summed E-state index contributed by atoms with van der Waals surface area (Å²) in [6.07, 6.45) is 2.91. The molecule has 0 radical (unpaired) electrons. The highest BCUT2D eigenvalue weighted by molar-refractivity contribution is 5.83. The maximum Gasteiger partial charge on any atom is 0.326 e. The highest BCUT2D eigenvalue weighted by Gasteiger charge is 2.26. The lowest BCUT2D eigenvalue weighted by Gasteiger charge is -2.26. The summed E-state index contributed by atoms with van der Waals surface area (Å²) in [5.41, 5.74) is 4.79. The van der Waals surface area contributed by atoms with Gasteiger partial charge >= 0.3 is 12.0 Å². The number of nitrogens with one attached hydrogen (secondary N) is 3. The van der Waals surface area contributed by atoms with Crippen molar-refractivity contribution in [3.05, 3.63) is 18.2 Å². The van der Waals surface area contributed by atoms with Crippen LogP contribution in [0.1, 0.15) is 26.0 Å². The third kappa shape index (κ3) is 5.93. The van der Waals surface area contributed by atoms with E-state index in [2.05, 4.69) is 20.6 Å². The summed E-state index contributed by atoms with van der Waals surface area (Å²) < 4.78 is 0. The predicted octanol–water partition coefficient (Wildman–Crippen LogP) is -0.641. The molecule has 9 nitrogen and oxygen atoms in total. The Morgan fingerprint density at radius 2 is 2.14 bits per heavy atom. The Hall–Kier alpha value is -2.58. The highest BCUT2D eigenvalue weighted by atomic mass is 16.4. The molecule has 0 aliphatic heterocycles. The number of H-pyrrole nitrogens is 1. The summed E-state index contributed by atoms with van der Waals surface area (Å²) in [6.45, 7) is 3.23. The largest absolute Gasteiger partial charge is 0.480 e. The second-order valence-electron chi connectivity index (χ2n) is 5.30. The number of hydrogen-bond acceptors (Lipinski definition) is 4. The molecule has 3 amide bonds. The summed E-state index contributed by atoms with van der Waals surface area (Å²) in [5.74, 6) is -1.74. The minimum absolute atomic E-state index is 0.0568. The Bertz CT molecular complexity index is 512. The van der Waals surface area contributed by atoms with Gasteiger partial charge in [-0.25, -0.2) is 14.6 Å². The SMILES string of the molecule is CC(C)(CC(N)=O)NC(=O)N[C@@H](Cc1cnc[nH]1)C(=O)O. The molecule has 0 aliphatic rings. The van der Waals surface area contributed by atoms with Gasteiger partial charge in [0.2, 0.25) is 5.91 Å². The zero-order chi connectivity index (χ0) is 16.0. The van der Waals surface area contributed by atoms with Crippen molar-refractivity contribution in [1.29, 1.82) is 0 Å². The molecule has 1 heterocycles. The first kappa shape index (κ1) is 16.5. The number of aliphatic carboxylic acids is 1. The third-order valence-electron chi connectivity index (χ3n) is 2.65. The zero-order valence-corrected chi connectivity index (χ0v) is 11.8. The fourth-order valence-electron chi connectivity index (χ4n) is 1.80. The first-order valence-corrected chi connectivity index (χ1v) is 6.26. The smallest absolute Gasteiger partial charge is 0.326 e. The lowest BCUT2D eigenvalue weighted by molar-refractivity contribution is -0.139. The van der Waals surface area contributed by atoms with Crippen molar-refractivity contribution in [2.75, 3.05) is 0 Å². The number of amides is 3. The van der Waals surface area contributed by atoms with Gasteiger partial charge in [0.05, 0.1) is 6.33 Å². The third-order valence-corrected chi connectivity index (χ3v) is 2.65. The van der Waals surface area contributed by atoms with Gasteiger partial charge in [-0.1, -0.05) is 0 Å². The van der Waals surface area contributed by atoms with E-state index < -0.39 is 29.5 Å². The maximum atomic E-state index is 11.8. The van der Waals surface area contributed by atoms with Gasteiger partial charge in [0, 0.05) is 30.3 Å². The number of aromatic amines is 1. The van der Waals surface area contributed by atoms with Crippen molar-refractivity contribution < 1.29 is 19.5 Å². The minimum Gasteiger partial charge on any atom is -0.480 e. The number of carbonyl (C=O) groups excluding carboxylic acids is 2. The quantitative estimate of drug-likeness (QED) is 0.453. The number of carbonyl (C=O) groups is 3. The van der Waals surface area contributed by atoms with E-state index in [9.17, 15) is 14.4 Å². The molecule has 0 aromatic carbocycles. The van der Waals surface area contributed by atoms with Crippen molar-refractivity contribution >= 4 is 17.9 Å². The van der Waals surface area contributed by atoms with Crippen LogP contribution in [0.5, 0.6) is 0 Å². The van der Waals surface area contributed by atoms with Gasteiger partial charge in [0.25, 0.3) is 0 Å². The van der Waals surface area contributed by atoms with E-state index >= 15 is 0 Å². The molecule has 116 valence electrons.